The van der Waals surface area contributed by atoms with Crippen molar-refractivity contribution in [1.82, 2.24) is 0 Å². The molecule has 0 saturated carbocycles. The van der Waals surface area contributed by atoms with Crippen LogP contribution in [0.25, 0.3) is 0 Å². The summed E-state index contributed by atoms with van der Waals surface area (Å²) >= 11 is 15.1. The summed E-state index contributed by atoms with van der Waals surface area (Å²) in [5.41, 5.74) is 6.18. The molecule has 1 rings (SSSR count). The lowest BCUT2D eigenvalue weighted by atomic mass is 10.3. The molecule has 5 heteroatoms. The molecule has 1 aromatic carbocycles. The normalized spacial score (nSPS) is 10.1. The highest BCUT2D eigenvalue weighted by Gasteiger charge is 2.06. The van der Waals surface area contributed by atoms with Gasteiger partial charge in [0.2, 0.25) is 0 Å². The molecule has 0 fully saturated rings. The Bertz CT molecular complexity index is 382. The smallest absolute Gasteiger partial charge is 0.139 e. The van der Waals surface area contributed by atoms with Crippen LogP contribution in [0.1, 0.15) is 0 Å². The van der Waals surface area contributed by atoms with Crippen LogP contribution in [-0.4, -0.2) is 13.2 Å². The summed E-state index contributed by atoms with van der Waals surface area (Å²) in [5, 5.41) is 1.05. The molecule has 0 amide bonds. The van der Waals surface area contributed by atoms with Crippen LogP contribution >= 0.6 is 39.1 Å². The first-order chi connectivity index (χ1) is 7.04. The fourth-order valence-electron chi connectivity index (χ4n) is 0.854. The highest BCUT2D eigenvalue weighted by atomic mass is 79.9. The Hall–Kier alpha value is -0.220. The molecule has 0 saturated heterocycles. The maximum absolute atomic E-state index is 5.95. The van der Waals surface area contributed by atoms with E-state index in [4.69, 9.17) is 33.7 Å². The second kappa shape index (κ2) is 5.75. The predicted molar refractivity (Wildman–Crippen MR) is 67.9 cm³/mol. The maximum atomic E-state index is 5.95. The minimum atomic E-state index is 0.341. The third kappa shape index (κ3) is 3.68. The first kappa shape index (κ1) is 12.8. The van der Waals surface area contributed by atoms with Gasteiger partial charge in [-0.05, 0) is 27.6 Å². The number of rotatable bonds is 4. The van der Waals surface area contributed by atoms with Crippen molar-refractivity contribution in [1.29, 1.82) is 0 Å². The van der Waals surface area contributed by atoms with E-state index >= 15 is 0 Å². The van der Waals surface area contributed by atoms with E-state index in [0.29, 0.717) is 28.9 Å². The van der Waals surface area contributed by atoms with Gasteiger partial charge in [-0.25, -0.2) is 0 Å². The van der Waals surface area contributed by atoms with Crippen LogP contribution in [0.3, 0.4) is 0 Å². The van der Waals surface area contributed by atoms with E-state index in [-0.39, 0.29) is 0 Å². The van der Waals surface area contributed by atoms with Crippen molar-refractivity contribution in [2.45, 2.75) is 0 Å². The lowest BCUT2D eigenvalue weighted by Gasteiger charge is -2.09. The number of hydrogen-bond acceptors (Lipinski definition) is 2. The molecule has 0 aliphatic heterocycles. The molecule has 0 heterocycles. The Labute approximate surface area is 107 Å². The summed E-state index contributed by atoms with van der Waals surface area (Å²) < 4.78 is 6.14. The van der Waals surface area contributed by atoms with Gasteiger partial charge in [0.1, 0.15) is 12.4 Å². The lowest BCUT2D eigenvalue weighted by molar-refractivity contribution is 0.351. The molecule has 0 aliphatic carbocycles. The van der Waals surface area contributed by atoms with E-state index in [1.807, 2.05) is 0 Å². The van der Waals surface area contributed by atoms with Gasteiger partial charge in [-0.1, -0.05) is 29.8 Å². The van der Waals surface area contributed by atoms with Crippen molar-refractivity contribution in [3.05, 3.63) is 38.8 Å². The van der Waals surface area contributed by atoms with Gasteiger partial charge in [0.05, 0.1) is 10.0 Å². The zero-order valence-electron chi connectivity index (χ0n) is 7.90. The molecule has 0 spiro atoms. The van der Waals surface area contributed by atoms with Crippen molar-refractivity contribution >= 4 is 39.1 Å². The van der Waals surface area contributed by atoms with E-state index in [0.717, 1.165) is 10.0 Å². The van der Waals surface area contributed by atoms with Crippen LogP contribution in [0.2, 0.25) is 10.0 Å². The number of halogens is 3. The van der Waals surface area contributed by atoms with E-state index in [1.165, 1.54) is 0 Å². The summed E-state index contributed by atoms with van der Waals surface area (Å²) in [6.45, 7) is 4.45. The van der Waals surface area contributed by atoms with E-state index < -0.39 is 0 Å². The van der Waals surface area contributed by atoms with Gasteiger partial charge in [-0.2, -0.15) is 0 Å². The molecule has 2 nitrogen and oxygen atoms in total. The molecular formula is C10H10BrCl2NO. The summed E-state index contributed by atoms with van der Waals surface area (Å²) in [6.07, 6.45) is 0. The first-order valence-corrected chi connectivity index (χ1v) is 5.73. The van der Waals surface area contributed by atoms with Gasteiger partial charge < -0.3 is 10.5 Å². The SMILES string of the molecule is C=C(CN)COc1cc(Cl)c(Br)cc1Cl. The first-order valence-electron chi connectivity index (χ1n) is 4.18. The summed E-state index contributed by atoms with van der Waals surface area (Å²) in [7, 11) is 0. The van der Waals surface area contributed by atoms with Crippen LogP contribution in [0.15, 0.2) is 28.8 Å². The highest BCUT2D eigenvalue weighted by molar-refractivity contribution is 9.10. The fourth-order valence-corrected chi connectivity index (χ4v) is 1.70. The van der Waals surface area contributed by atoms with Crippen molar-refractivity contribution < 1.29 is 4.74 Å². The number of benzene rings is 1. The molecule has 0 radical (unpaired) electrons. The fraction of sp³-hybridized carbons (Fsp3) is 0.200. The van der Waals surface area contributed by atoms with Crippen molar-refractivity contribution in [2.75, 3.05) is 13.2 Å². The highest BCUT2D eigenvalue weighted by Crippen LogP contribution is 2.34. The van der Waals surface area contributed by atoms with Crippen molar-refractivity contribution in [3.63, 3.8) is 0 Å². The maximum Gasteiger partial charge on any atom is 0.139 e. The number of ether oxygens (including phenoxy) is 1. The Balaban J connectivity index is 2.77. The van der Waals surface area contributed by atoms with Gasteiger partial charge in [0.25, 0.3) is 0 Å². The van der Waals surface area contributed by atoms with E-state index in [1.54, 1.807) is 12.1 Å². The van der Waals surface area contributed by atoms with Crippen LogP contribution in [0.4, 0.5) is 0 Å². The second-order valence-electron chi connectivity index (χ2n) is 2.94. The summed E-state index contributed by atoms with van der Waals surface area (Å²) in [6, 6.07) is 3.34. The van der Waals surface area contributed by atoms with Crippen LogP contribution < -0.4 is 10.5 Å². The standard InChI is InChI=1S/C10H10BrCl2NO/c1-6(4-14)5-15-10-3-8(12)7(11)2-9(10)13/h2-3H,1,4-5,14H2. The minimum Gasteiger partial charge on any atom is -0.488 e. The molecule has 15 heavy (non-hydrogen) atoms. The largest absolute Gasteiger partial charge is 0.488 e. The zero-order valence-corrected chi connectivity index (χ0v) is 11.0. The summed E-state index contributed by atoms with van der Waals surface area (Å²) in [4.78, 5) is 0. The van der Waals surface area contributed by atoms with E-state index in [9.17, 15) is 0 Å². The molecule has 82 valence electrons. The monoisotopic (exact) mass is 309 g/mol. The molecule has 0 aromatic heterocycles. The molecule has 0 atom stereocenters. The molecule has 0 bridgehead atoms. The number of nitrogens with two attached hydrogens (primary N) is 1. The quantitative estimate of drug-likeness (QED) is 0.680. The summed E-state index contributed by atoms with van der Waals surface area (Å²) in [5.74, 6) is 0.527. The van der Waals surface area contributed by atoms with Crippen LogP contribution in [0, 0.1) is 0 Å². The Kier molecular flexibility index (Phi) is 4.93. The second-order valence-corrected chi connectivity index (χ2v) is 4.61. The topological polar surface area (TPSA) is 35.2 Å². The molecular weight excluding hydrogens is 301 g/mol. The predicted octanol–water partition coefficient (Wildman–Crippen LogP) is 3.65. The van der Waals surface area contributed by atoms with Crippen molar-refractivity contribution in [2.24, 2.45) is 5.73 Å². The Morgan fingerprint density at radius 1 is 1.40 bits per heavy atom. The van der Waals surface area contributed by atoms with E-state index in [2.05, 4.69) is 22.5 Å². The average Bonchev–Trinajstić information content (AvgIpc) is 2.21. The number of hydrogen-bond donors (Lipinski definition) is 1. The molecule has 2 N–H and O–H groups in total. The Morgan fingerprint density at radius 2 is 2.07 bits per heavy atom. The van der Waals surface area contributed by atoms with Gasteiger partial charge in [0.15, 0.2) is 0 Å². The van der Waals surface area contributed by atoms with Gasteiger partial charge in [-0.15, -0.1) is 0 Å². The average molecular weight is 311 g/mol. The zero-order chi connectivity index (χ0) is 11.4. The van der Waals surface area contributed by atoms with Crippen LogP contribution in [-0.2, 0) is 0 Å². The Morgan fingerprint density at radius 3 is 2.67 bits per heavy atom. The van der Waals surface area contributed by atoms with Crippen LogP contribution in [0.5, 0.6) is 5.75 Å². The molecule has 0 aliphatic rings. The third-order valence-electron chi connectivity index (χ3n) is 1.70. The minimum absolute atomic E-state index is 0.341. The van der Waals surface area contributed by atoms with Gasteiger partial charge in [0, 0.05) is 17.1 Å². The van der Waals surface area contributed by atoms with Gasteiger partial charge in [-0.3, -0.25) is 0 Å². The molecule has 1 aromatic rings. The van der Waals surface area contributed by atoms with Crippen molar-refractivity contribution in [3.8, 4) is 5.75 Å². The van der Waals surface area contributed by atoms with Gasteiger partial charge >= 0.3 is 0 Å². The third-order valence-corrected chi connectivity index (χ3v) is 3.19. The molecule has 0 unspecified atom stereocenters. The lowest BCUT2D eigenvalue weighted by Crippen LogP contribution is -2.10.